The lowest BCUT2D eigenvalue weighted by Gasteiger charge is -2.01. The molecule has 0 bridgehead atoms. The van der Waals surface area contributed by atoms with Crippen molar-refractivity contribution < 1.29 is 4.92 Å². The monoisotopic (exact) mass is 280 g/mol. The van der Waals surface area contributed by atoms with Gasteiger partial charge in [0, 0.05) is 23.0 Å². The van der Waals surface area contributed by atoms with E-state index in [2.05, 4.69) is 20.9 Å². The van der Waals surface area contributed by atoms with Crippen LogP contribution in [0.4, 0.5) is 11.4 Å². The fraction of sp³-hybridized carbons (Fsp3) is 0.182. The summed E-state index contributed by atoms with van der Waals surface area (Å²) in [4.78, 5) is 14.8. The predicted octanol–water partition coefficient (Wildman–Crippen LogP) is 3.20. The lowest BCUT2D eigenvalue weighted by atomic mass is 10.1. The molecule has 0 atom stereocenters. The molecule has 0 aromatic heterocycles. The summed E-state index contributed by atoms with van der Waals surface area (Å²) in [5.74, 6) is 0. The van der Waals surface area contributed by atoms with Crippen LogP contribution in [0.5, 0.6) is 0 Å². The van der Waals surface area contributed by atoms with E-state index >= 15 is 0 Å². The molecule has 2 rings (SSSR count). The fourth-order valence-corrected chi connectivity index (χ4v) is 2.00. The molecule has 1 heterocycles. The highest BCUT2D eigenvalue weighted by Crippen LogP contribution is 2.35. The molecule has 1 radical (unpaired) electrons. The van der Waals surface area contributed by atoms with Gasteiger partial charge in [-0.1, -0.05) is 6.92 Å². The van der Waals surface area contributed by atoms with Gasteiger partial charge in [0.15, 0.2) is 0 Å². The van der Waals surface area contributed by atoms with Gasteiger partial charge in [0.2, 0.25) is 0 Å². The van der Waals surface area contributed by atoms with Crippen molar-refractivity contribution in [1.82, 2.24) is 4.99 Å². The molecule has 0 saturated carbocycles. The lowest BCUT2D eigenvalue weighted by Crippen LogP contribution is -2.07. The minimum absolute atomic E-state index is 0.0495. The summed E-state index contributed by atoms with van der Waals surface area (Å²) < 4.78 is 0.822. The number of allylic oxidation sites excluding steroid dienone is 1. The zero-order valence-corrected chi connectivity index (χ0v) is 10.2. The average Bonchev–Trinajstić information content (AvgIpc) is 2.28. The summed E-state index contributed by atoms with van der Waals surface area (Å²) in [5, 5.41) is 10.9. The van der Waals surface area contributed by atoms with Crippen LogP contribution in [0.25, 0.3) is 6.08 Å². The number of fused-ring (bicyclic) bond motifs is 1. The summed E-state index contributed by atoms with van der Waals surface area (Å²) >= 11 is 3.36. The Hall–Kier alpha value is -1.49. The molecule has 1 aliphatic rings. The van der Waals surface area contributed by atoms with E-state index in [1.165, 1.54) is 6.07 Å². The summed E-state index contributed by atoms with van der Waals surface area (Å²) in [6, 6.07) is 3.15. The third-order valence-corrected chi connectivity index (χ3v) is 3.09. The molecule has 0 fully saturated rings. The molecule has 0 spiro atoms. The number of benzene rings is 1. The first kappa shape index (κ1) is 11.0. The van der Waals surface area contributed by atoms with Crippen LogP contribution >= 0.6 is 15.9 Å². The van der Waals surface area contributed by atoms with Gasteiger partial charge in [-0.05, 0) is 28.1 Å². The summed E-state index contributed by atoms with van der Waals surface area (Å²) in [5.41, 5.74) is 2.12. The first-order chi connectivity index (χ1) is 7.63. The van der Waals surface area contributed by atoms with Crippen LogP contribution in [0.15, 0.2) is 22.7 Å². The number of hydrogen-bond acceptors (Lipinski definition) is 3. The second kappa shape index (κ2) is 4.17. The Morgan fingerprint density at radius 2 is 2.19 bits per heavy atom. The van der Waals surface area contributed by atoms with Crippen molar-refractivity contribution in [2.75, 3.05) is 0 Å². The van der Waals surface area contributed by atoms with Crippen LogP contribution in [0, 0.1) is 10.1 Å². The minimum atomic E-state index is -0.402. The number of nitro benzene ring substituents is 1. The van der Waals surface area contributed by atoms with Gasteiger partial charge in [-0.2, -0.15) is 0 Å². The summed E-state index contributed by atoms with van der Waals surface area (Å²) in [7, 11) is 0. The molecule has 1 aliphatic heterocycles. The van der Waals surface area contributed by atoms with E-state index < -0.39 is 4.92 Å². The maximum absolute atomic E-state index is 10.9. The highest BCUT2D eigenvalue weighted by Gasteiger charge is 2.30. The molecule has 0 amide bonds. The van der Waals surface area contributed by atoms with Crippen molar-refractivity contribution >= 4 is 39.1 Å². The van der Waals surface area contributed by atoms with Crippen molar-refractivity contribution in [2.45, 2.75) is 13.3 Å². The van der Waals surface area contributed by atoms with Gasteiger partial charge in [0.05, 0.1) is 15.5 Å². The first-order valence-electron chi connectivity index (χ1n) is 4.86. The van der Waals surface area contributed by atoms with Crippen LogP contribution in [0.1, 0.15) is 18.9 Å². The van der Waals surface area contributed by atoms with Crippen LogP contribution < -0.4 is 4.99 Å². The molecule has 5 heteroatoms. The number of aliphatic imine (C=N–C) groups is 1. The molecule has 16 heavy (non-hydrogen) atoms. The first-order valence-corrected chi connectivity index (χ1v) is 5.65. The smallest absolute Gasteiger partial charge is 0.258 e. The minimum Gasteiger partial charge on any atom is -0.258 e. The van der Waals surface area contributed by atoms with Gasteiger partial charge < -0.3 is 0 Å². The molecular weight excluding hydrogens is 272 g/mol. The second-order valence-corrected chi connectivity index (χ2v) is 4.23. The van der Waals surface area contributed by atoms with Gasteiger partial charge in [0.1, 0.15) is 0 Å². The number of rotatable bonds is 2. The van der Waals surface area contributed by atoms with Crippen LogP contribution in [-0.4, -0.2) is 10.6 Å². The third-order valence-electron chi connectivity index (χ3n) is 2.40. The van der Waals surface area contributed by atoms with E-state index in [1.807, 2.05) is 19.1 Å². The van der Waals surface area contributed by atoms with Crippen LogP contribution in [-0.2, 0) is 0 Å². The van der Waals surface area contributed by atoms with Crippen molar-refractivity contribution in [3.8, 4) is 0 Å². The molecule has 0 aliphatic carbocycles. The Bertz CT molecular complexity index is 521. The molecule has 81 valence electrons. The van der Waals surface area contributed by atoms with Crippen molar-refractivity contribution in [1.29, 1.82) is 0 Å². The maximum atomic E-state index is 10.9. The number of hydrogen-bond donors (Lipinski definition) is 0. The van der Waals surface area contributed by atoms with E-state index in [-0.39, 0.29) is 5.69 Å². The summed E-state index contributed by atoms with van der Waals surface area (Å²) in [6.07, 6.45) is 4.51. The van der Waals surface area contributed by atoms with E-state index in [0.29, 0.717) is 5.69 Å². The third kappa shape index (κ3) is 1.78. The molecule has 0 N–H and O–H groups in total. The Kier molecular flexibility index (Phi) is 2.87. The standard InChI is InChI=1S/C11H9BrN2O2/c1-2-7-3-4-8-9(12)5-6-10(14(15)16)11(8)13-7/h3-6H,2H2,1H3/q+1. The highest BCUT2D eigenvalue weighted by molar-refractivity contribution is 9.10. The van der Waals surface area contributed by atoms with E-state index in [9.17, 15) is 10.1 Å². The molecule has 1 aromatic carbocycles. The van der Waals surface area contributed by atoms with Gasteiger partial charge in [0.25, 0.3) is 5.71 Å². The molecular formula is C11H9BrN2O2+. The Morgan fingerprint density at radius 3 is 2.81 bits per heavy atom. The van der Waals surface area contributed by atoms with E-state index in [4.69, 9.17) is 0 Å². The SMILES string of the molecule is CCC1=[N+]c2c([N+](=O)[O-])ccc(Br)c2C=C1. The molecule has 0 unspecified atom stereocenters. The lowest BCUT2D eigenvalue weighted by molar-refractivity contribution is -0.384. The molecule has 4 nitrogen and oxygen atoms in total. The topological polar surface area (TPSA) is 57.2 Å². The van der Waals surface area contributed by atoms with Crippen LogP contribution in [0.2, 0.25) is 0 Å². The molecule has 1 aromatic rings. The Balaban J connectivity index is 2.68. The zero-order valence-electron chi connectivity index (χ0n) is 8.61. The van der Waals surface area contributed by atoms with E-state index in [1.54, 1.807) is 6.07 Å². The van der Waals surface area contributed by atoms with E-state index in [0.717, 1.165) is 22.2 Å². The fourth-order valence-electron chi connectivity index (χ4n) is 1.55. The maximum Gasteiger partial charge on any atom is 0.362 e. The van der Waals surface area contributed by atoms with Gasteiger partial charge >= 0.3 is 11.4 Å². The largest absolute Gasteiger partial charge is 0.362 e. The summed E-state index contributed by atoms with van der Waals surface area (Å²) in [6.45, 7) is 1.97. The van der Waals surface area contributed by atoms with Crippen molar-refractivity contribution in [2.24, 2.45) is 0 Å². The predicted molar refractivity (Wildman–Crippen MR) is 66.9 cm³/mol. The van der Waals surface area contributed by atoms with Crippen molar-refractivity contribution in [3.63, 3.8) is 0 Å². The number of nitro groups is 1. The highest BCUT2D eigenvalue weighted by atomic mass is 79.9. The Morgan fingerprint density at radius 1 is 1.44 bits per heavy atom. The number of nitrogens with zero attached hydrogens (tertiary/aromatic N) is 2. The Labute approximate surface area is 101 Å². The van der Waals surface area contributed by atoms with Gasteiger partial charge in [-0.15, -0.1) is 0 Å². The van der Waals surface area contributed by atoms with Gasteiger partial charge in [-0.3, -0.25) is 10.1 Å². The number of halogens is 1. The van der Waals surface area contributed by atoms with Crippen LogP contribution in [0.3, 0.4) is 0 Å². The average molecular weight is 281 g/mol. The quantitative estimate of drug-likeness (QED) is 0.617. The normalized spacial score (nSPS) is 13.2. The molecule has 0 saturated heterocycles. The van der Waals surface area contributed by atoms with Gasteiger partial charge in [-0.25, -0.2) is 0 Å². The van der Waals surface area contributed by atoms with Crippen molar-refractivity contribution in [3.05, 3.63) is 38.4 Å². The zero-order chi connectivity index (χ0) is 11.7. The second-order valence-electron chi connectivity index (χ2n) is 3.38.